The van der Waals surface area contributed by atoms with Gasteiger partial charge in [-0.2, -0.15) is 5.10 Å². The van der Waals surface area contributed by atoms with E-state index in [2.05, 4.69) is 24.3 Å². The Morgan fingerprint density at radius 2 is 2.26 bits per heavy atom. The van der Waals surface area contributed by atoms with E-state index in [4.69, 9.17) is 4.74 Å². The lowest BCUT2D eigenvalue weighted by molar-refractivity contribution is -0.120. The first-order chi connectivity index (χ1) is 8.80. The van der Waals surface area contributed by atoms with E-state index in [9.17, 15) is 4.79 Å². The van der Waals surface area contributed by atoms with Crippen LogP contribution in [0.4, 0.5) is 0 Å². The van der Waals surface area contributed by atoms with Crippen molar-refractivity contribution in [3.8, 4) is 5.88 Å². The van der Waals surface area contributed by atoms with Crippen LogP contribution >= 0.6 is 0 Å². The molecule has 0 aromatic carbocycles. The topological polar surface area (TPSA) is 56.2 Å². The second kappa shape index (κ2) is 6.41. The van der Waals surface area contributed by atoms with Gasteiger partial charge in [0.2, 0.25) is 11.8 Å². The number of carbonyl (C=O) groups is 1. The molecular weight excluding hydrogens is 242 g/mol. The molecule has 0 saturated carbocycles. The van der Waals surface area contributed by atoms with Crippen molar-refractivity contribution in [2.75, 3.05) is 6.61 Å². The van der Waals surface area contributed by atoms with Crippen molar-refractivity contribution in [3.05, 3.63) is 18.3 Å². The summed E-state index contributed by atoms with van der Waals surface area (Å²) in [6, 6.07) is 1.82. The van der Waals surface area contributed by atoms with Gasteiger partial charge in [0.15, 0.2) is 0 Å². The van der Waals surface area contributed by atoms with Crippen molar-refractivity contribution >= 4 is 12.1 Å². The zero-order valence-electron chi connectivity index (χ0n) is 12.3. The molecule has 1 N–H and O–H groups in total. The molecule has 1 rings (SSSR count). The Labute approximate surface area is 114 Å². The summed E-state index contributed by atoms with van der Waals surface area (Å²) < 4.78 is 7.31. The van der Waals surface area contributed by atoms with Crippen LogP contribution in [0.15, 0.2) is 18.3 Å². The smallest absolute Gasteiger partial charge is 0.217 e. The first kappa shape index (κ1) is 15.3. The Hall–Kier alpha value is -1.78. The molecule has 1 heterocycles. The molecule has 0 spiro atoms. The Morgan fingerprint density at radius 3 is 2.84 bits per heavy atom. The summed E-state index contributed by atoms with van der Waals surface area (Å²) in [6.45, 7) is 10.2. The van der Waals surface area contributed by atoms with Crippen molar-refractivity contribution in [2.45, 2.75) is 40.2 Å². The fourth-order valence-electron chi connectivity index (χ4n) is 1.53. The van der Waals surface area contributed by atoms with E-state index in [0.717, 1.165) is 0 Å². The molecule has 1 amide bonds. The summed E-state index contributed by atoms with van der Waals surface area (Å²) in [6.07, 6.45) is 5.36. The second-order valence-corrected chi connectivity index (χ2v) is 5.54. The van der Waals surface area contributed by atoms with Crippen LogP contribution in [0, 0.1) is 5.92 Å². The predicted molar refractivity (Wildman–Crippen MR) is 75.8 cm³/mol. The lowest BCUT2D eigenvalue weighted by Crippen LogP contribution is -2.40. The quantitative estimate of drug-likeness (QED) is 0.858. The molecule has 0 bridgehead atoms. The third kappa shape index (κ3) is 5.59. The zero-order chi connectivity index (χ0) is 14.5. The van der Waals surface area contributed by atoms with Crippen LogP contribution in [0.5, 0.6) is 5.88 Å². The van der Waals surface area contributed by atoms with Gasteiger partial charge in [0.1, 0.15) is 0 Å². The van der Waals surface area contributed by atoms with Crippen molar-refractivity contribution < 1.29 is 9.53 Å². The molecule has 0 aliphatic heterocycles. The fourth-order valence-corrected chi connectivity index (χ4v) is 1.53. The number of hydrogen-bond donors (Lipinski definition) is 1. The number of amides is 1. The first-order valence-electron chi connectivity index (χ1n) is 6.44. The average Bonchev–Trinajstić information content (AvgIpc) is 2.69. The van der Waals surface area contributed by atoms with Gasteiger partial charge in [-0.25, -0.2) is 4.68 Å². The van der Waals surface area contributed by atoms with Gasteiger partial charge < -0.3 is 10.1 Å². The Balaban J connectivity index is 2.71. The van der Waals surface area contributed by atoms with Crippen LogP contribution in [0.1, 0.15) is 34.6 Å². The predicted octanol–water partition coefficient (Wildman–Crippen LogP) is 2.30. The minimum atomic E-state index is -0.424. The van der Waals surface area contributed by atoms with Crippen LogP contribution in [0.3, 0.4) is 0 Å². The Bertz CT molecular complexity index is 447. The summed E-state index contributed by atoms with van der Waals surface area (Å²) in [5.74, 6) is 1.10. The van der Waals surface area contributed by atoms with Gasteiger partial charge in [-0.15, -0.1) is 0 Å². The summed E-state index contributed by atoms with van der Waals surface area (Å²) in [7, 11) is 0. The maximum Gasteiger partial charge on any atom is 0.217 e. The van der Waals surface area contributed by atoms with Crippen molar-refractivity contribution in [3.63, 3.8) is 0 Å². The molecule has 0 aliphatic rings. The van der Waals surface area contributed by atoms with Gasteiger partial charge in [0, 0.05) is 19.2 Å². The number of nitrogens with one attached hydrogen (secondary N) is 1. The largest absolute Gasteiger partial charge is 0.477 e. The van der Waals surface area contributed by atoms with Gasteiger partial charge >= 0.3 is 0 Å². The first-order valence-corrected chi connectivity index (χ1v) is 6.44. The fraction of sp³-hybridized carbons (Fsp3) is 0.571. The number of hydrogen-bond acceptors (Lipinski definition) is 3. The zero-order valence-corrected chi connectivity index (χ0v) is 12.3. The van der Waals surface area contributed by atoms with Gasteiger partial charge in [0.05, 0.1) is 18.3 Å². The van der Waals surface area contributed by atoms with E-state index in [0.29, 0.717) is 18.4 Å². The normalized spacial score (nSPS) is 12.1. The highest BCUT2D eigenvalue weighted by atomic mass is 16.5. The Kier molecular flexibility index (Phi) is 5.15. The van der Waals surface area contributed by atoms with Crippen LogP contribution in [-0.4, -0.2) is 27.8 Å². The lowest BCUT2D eigenvalue weighted by Gasteiger charge is -2.21. The molecule has 0 radical (unpaired) electrons. The molecule has 1 aromatic rings. The summed E-state index contributed by atoms with van der Waals surface area (Å²) in [4.78, 5) is 11.1. The van der Waals surface area contributed by atoms with E-state index < -0.39 is 5.54 Å². The maximum absolute atomic E-state index is 11.1. The third-order valence-electron chi connectivity index (χ3n) is 2.33. The standard InChI is InChI=1S/C14H23N3O2/c1-11(2)10-19-13-6-8-15-17(13)9-7-14(4,5)16-12(3)18/h6-9,11H,10H2,1-5H3,(H,16,18). The molecule has 1 aromatic heterocycles. The molecule has 5 heteroatoms. The number of ether oxygens (including phenoxy) is 1. The summed E-state index contributed by atoms with van der Waals surface area (Å²) >= 11 is 0. The minimum absolute atomic E-state index is 0.0635. The molecule has 5 nitrogen and oxygen atoms in total. The second-order valence-electron chi connectivity index (χ2n) is 5.54. The van der Waals surface area contributed by atoms with Gasteiger partial charge in [0.25, 0.3) is 0 Å². The van der Waals surface area contributed by atoms with E-state index in [1.165, 1.54) is 6.92 Å². The van der Waals surface area contributed by atoms with E-state index in [-0.39, 0.29) is 5.91 Å². The van der Waals surface area contributed by atoms with Crippen molar-refractivity contribution in [1.82, 2.24) is 15.1 Å². The van der Waals surface area contributed by atoms with Crippen LogP contribution in [-0.2, 0) is 4.79 Å². The monoisotopic (exact) mass is 265 g/mol. The number of rotatable bonds is 6. The average molecular weight is 265 g/mol. The van der Waals surface area contributed by atoms with E-state index in [1.54, 1.807) is 17.1 Å². The highest BCUT2D eigenvalue weighted by Crippen LogP contribution is 2.13. The lowest BCUT2D eigenvalue weighted by atomic mass is 10.1. The SMILES string of the molecule is CC(=O)NC(C)(C)C=Cn1nccc1OCC(C)C. The number of nitrogens with zero attached hydrogens (tertiary/aromatic N) is 2. The van der Waals surface area contributed by atoms with Gasteiger partial charge in [-0.05, 0) is 25.8 Å². The molecule has 106 valence electrons. The molecule has 0 saturated heterocycles. The molecule has 0 aliphatic carbocycles. The Morgan fingerprint density at radius 1 is 1.58 bits per heavy atom. The summed E-state index contributed by atoms with van der Waals surface area (Å²) in [5.41, 5.74) is -0.424. The van der Waals surface area contributed by atoms with E-state index >= 15 is 0 Å². The molecular formula is C14H23N3O2. The van der Waals surface area contributed by atoms with Gasteiger partial charge in [-0.1, -0.05) is 13.8 Å². The van der Waals surface area contributed by atoms with Gasteiger partial charge in [-0.3, -0.25) is 4.79 Å². The maximum atomic E-state index is 11.1. The summed E-state index contributed by atoms with van der Waals surface area (Å²) in [5, 5.41) is 7.01. The highest BCUT2D eigenvalue weighted by Gasteiger charge is 2.14. The van der Waals surface area contributed by atoms with E-state index in [1.807, 2.05) is 26.0 Å². The molecule has 19 heavy (non-hydrogen) atoms. The molecule has 0 unspecified atom stereocenters. The number of carbonyl (C=O) groups excluding carboxylic acids is 1. The van der Waals surface area contributed by atoms with Crippen molar-refractivity contribution in [2.24, 2.45) is 5.92 Å². The van der Waals surface area contributed by atoms with Crippen LogP contribution in [0.25, 0.3) is 6.20 Å². The van der Waals surface area contributed by atoms with Crippen LogP contribution in [0.2, 0.25) is 0 Å². The molecule has 0 fully saturated rings. The highest BCUT2D eigenvalue weighted by molar-refractivity contribution is 5.74. The van der Waals surface area contributed by atoms with Crippen LogP contribution < -0.4 is 10.1 Å². The molecule has 0 atom stereocenters. The number of aromatic nitrogens is 2. The third-order valence-corrected chi connectivity index (χ3v) is 2.33. The van der Waals surface area contributed by atoms with Crippen molar-refractivity contribution in [1.29, 1.82) is 0 Å². The minimum Gasteiger partial charge on any atom is -0.477 e.